The van der Waals surface area contributed by atoms with Crippen LogP contribution in [0, 0.1) is 22.0 Å². The fraction of sp³-hybridized carbons (Fsp3) is 0.250. The molecule has 0 unspecified atom stereocenters. The van der Waals surface area contributed by atoms with E-state index in [0.29, 0.717) is 18.4 Å². The maximum Gasteiger partial charge on any atom is 0.273 e. The van der Waals surface area contributed by atoms with Gasteiger partial charge in [0.05, 0.1) is 16.8 Å². The Balaban J connectivity index is 1.69. The van der Waals surface area contributed by atoms with Crippen molar-refractivity contribution < 1.29 is 24.1 Å². The zero-order chi connectivity index (χ0) is 23.7. The van der Waals surface area contributed by atoms with Crippen molar-refractivity contribution in [3.8, 4) is 0 Å². The third-order valence-corrected chi connectivity index (χ3v) is 5.99. The second kappa shape index (κ2) is 8.78. The quantitative estimate of drug-likeness (QED) is 0.221. The summed E-state index contributed by atoms with van der Waals surface area (Å²) >= 11 is 0. The van der Waals surface area contributed by atoms with Gasteiger partial charge in [0, 0.05) is 23.3 Å². The molecule has 9 nitrogen and oxygen atoms in total. The van der Waals surface area contributed by atoms with Crippen molar-refractivity contribution in [3.05, 3.63) is 87.5 Å². The van der Waals surface area contributed by atoms with E-state index in [9.17, 15) is 29.3 Å². The first-order valence-corrected chi connectivity index (χ1v) is 10.5. The lowest BCUT2D eigenvalue weighted by Crippen LogP contribution is -2.52. The van der Waals surface area contributed by atoms with Gasteiger partial charge >= 0.3 is 0 Å². The summed E-state index contributed by atoms with van der Waals surface area (Å²) in [6.45, 7) is 1.36. The van der Waals surface area contributed by atoms with Crippen LogP contribution < -0.4 is 0 Å². The SMILES string of the molecule is CC1=CC[C@H]2C(=O)N(N(CC(=O)c3ccccc3)C(=O)c3ccc([N+](=O)[O-])cc3)C(=O)[C@H]2C1. The highest BCUT2D eigenvalue weighted by atomic mass is 16.6. The molecule has 168 valence electrons. The molecule has 4 rings (SSSR count). The van der Waals surface area contributed by atoms with Gasteiger partial charge in [-0.05, 0) is 31.9 Å². The van der Waals surface area contributed by atoms with E-state index in [-0.39, 0.29) is 11.3 Å². The molecular weight excluding hydrogens is 426 g/mol. The van der Waals surface area contributed by atoms with E-state index < -0.39 is 46.8 Å². The molecular formula is C24H21N3O6. The largest absolute Gasteiger partial charge is 0.292 e. The van der Waals surface area contributed by atoms with Crippen LogP contribution in [0.15, 0.2) is 66.2 Å². The minimum absolute atomic E-state index is 0.0197. The molecule has 0 bridgehead atoms. The summed E-state index contributed by atoms with van der Waals surface area (Å²) < 4.78 is 0. The molecule has 9 heteroatoms. The van der Waals surface area contributed by atoms with Crippen LogP contribution in [0.4, 0.5) is 5.69 Å². The Hall–Kier alpha value is -4.14. The number of benzene rings is 2. The van der Waals surface area contributed by atoms with Crippen LogP contribution in [0.5, 0.6) is 0 Å². The molecule has 1 saturated heterocycles. The third-order valence-electron chi connectivity index (χ3n) is 5.99. The maximum absolute atomic E-state index is 13.4. The molecule has 0 N–H and O–H groups in total. The Kier molecular flexibility index (Phi) is 5.87. The number of ketones is 1. The van der Waals surface area contributed by atoms with Crippen molar-refractivity contribution in [2.24, 2.45) is 11.8 Å². The number of allylic oxidation sites excluding steroid dienone is 2. The number of carbonyl (C=O) groups excluding carboxylic acids is 4. The van der Waals surface area contributed by atoms with Crippen LogP contribution in [0.2, 0.25) is 0 Å². The van der Waals surface area contributed by atoms with Gasteiger partial charge in [0.15, 0.2) is 5.78 Å². The number of imide groups is 1. The molecule has 2 aliphatic rings. The topological polar surface area (TPSA) is 118 Å². The standard InChI is InChI=1S/C24H21N3O6/c1-15-7-12-19-20(13-15)24(31)26(23(19)30)25(14-21(28)16-5-3-2-4-6-16)22(29)17-8-10-18(11-9-17)27(32)33/h2-11,19-20H,12-14H2,1H3/t19-,20+/m1/s1. The fourth-order valence-electron chi connectivity index (χ4n) is 4.22. The number of Topliss-reactive ketones (excluding diaryl/α,β-unsaturated/α-hetero) is 1. The first-order valence-electron chi connectivity index (χ1n) is 10.5. The summed E-state index contributed by atoms with van der Waals surface area (Å²) in [6.07, 6.45) is 2.72. The van der Waals surface area contributed by atoms with Gasteiger partial charge in [0.2, 0.25) is 0 Å². The van der Waals surface area contributed by atoms with Gasteiger partial charge in [-0.1, -0.05) is 42.0 Å². The Morgan fingerprint density at radius 3 is 2.27 bits per heavy atom. The highest BCUT2D eigenvalue weighted by Gasteiger charge is 2.51. The minimum Gasteiger partial charge on any atom is -0.292 e. The molecule has 1 aliphatic heterocycles. The first-order chi connectivity index (χ1) is 15.8. The van der Waals surface area contributed by atoms with Crippen molar-refractivity contribution >= 4 is 29.2 Å². The summed E-state index contributed by atoms with van der Waals surface area (Å²) in [4.78, 5) is 63.1. The van der Waals surface area contributed by atoms with Crippen LogP contribution in [0.1, 0.15) is 40.5 Å². The van der Waals surface area contributed by atoms with Crippen molar-refractivity contribution in [2.45, 2.75) is 19.8 Å². The predicted molar refractivity (Wildman–Crippen MR) is 117 cm³/mol. The average Bonchev–Trinajstić information content (AvgIpc) is 3.06. The van der Waals surface area contributed by atoms with Gasteiger partial charge in [-0.3, -0.25) is 29.3 Å². The Bertz CT molecular complexity index is 1170. The third kappa shape index (κ3) is 4.17. The number of nitro benzene ring substituents is 1. The lowest BCUT2D eigenvalue weighted by atomic mass is 9.82. The van der Waals surface area contributed by atoms with Crippen LogP contribution >= 0.6 is 0 Å². The Morgan fingerprint density at radius 1 is 1.00 bits per heavy atom. The maximum atomic E-state index is 13.4. The van der Waals surface area contributed by atoms with Gasteiger partial charge in [-0.25, -0.2) is 5.01 Å². The molecule has 0 radical (unpaired) electrons. The smallest absolute Gasteiger partial charge is 0.273 e. The van der Waals surface area contributed by atoms with Gasteiger partial charge in [-0.15, -0.1) is 0 Å². The molecule has 0 aromatic heterocycles. The zero-order valence-corrected chi connectivity index (χ0v) is 17.8. The highest BCUT2D eigenvalue weighted by molar-refractivity contribution is 6.09. The number of hydrogen-bond donors (Lipinski definition) is 0. The molecule has 0 spiro atoms. The van der Waals surface area contributed by atoms with Crippen molar-refractivity contribution in [1.29, 1.82) is 0 Å². The first kappa shape index (κ1) is 22.1. The number of fused-ring (bicyclic) bond motifs is 1. The van der Waals surface area contributed by atoms with Crippen LogP contribution in [0.25, 0.3) is 0 Å². The summed E-state index contributed by atoms with van der Waals surface area (Å²) in [5, 5.41) is 12.6. The normalized spacial score (nSPS) is 19.7. The van der Waals surface area contributed by atoms with Crippen molar-refractivity contribution in [1.82, 2.24) is 10.0 Å². The van der Waals surface area contributed by atoms with E-state index >= 15 is 0 Å². The number of nitrogens with zero attached hydrogens (tertiary/aromatic N) is 3. The van der Waals surface area contributed by atoms with E-state index in [2.05, 4.69) is 0 Å². The number of rotatable bonds is 6. The van der Waals surface area contributed by atoms with Crippen LogP contribution in [-0.2, 0) is 9.59 Å². The number of nitro groups is 1. The molecule has 1 aliphatic carbocycles. The van der Waals surface area contributed by atoms with Gasteiger partial charge in [0.25, 0.3) is 23.4 Å². The molecule has 2 aromatic rings. The molecule has 0 saturated carbocycles. The average molecular weight is 447 g/mol. The second-order valence-corrected chi connectivity index (χ2v) is 8.15. The second-order valence-electron chi connectivity index (χ2n) is 8.15. The molecule has 33 heavy (non-hydrogen) atoms. The Labute approximate surface area is 189 Å². The number of amides is 3. The van der Waals surface area contributed by atoms with Crippen molar-refractivity contribution in [2.75, 3.05) is 6.54 Å². The van der Waals surface area contributed by atoms with Crippen molar-refractivity contribution in [3.63, 3.8) is 0 Å². The van der Waals surface area contributed by atoms with Gasteiger partial charge in [0.1, 0.15) is 6.54 Å². The van der Waals surface area contributed by atoms with Crippen LogP contribution in [-0.4, -0.2) is 45.0 Å². The van der Waals surface area contributed by atoms with E-state index in [1.165, 1.54) is 12.1 Å². The molecule has 2 atom stereocenters. The summed E-state index contributed by atoms with van der Waals surface area (Å²) in [5.41, 5.74) is 1.13. The monoisotopic (exact) mass is 447 g/mol. The van der Waals surface area contributed by atoms with E-state index in [1.807, 2.05) is 13.0 Å². The molecule has 1 fully saturated rings. The predicted octanol–water partition coefficient (Wildman–Crippen LogP) is 3.18. The number of non-ortho nitro benzene ring substituents is 1. The van der Waals surface area contributed by atoms with E-state index in [0.717, 1.165) is 27.7 Å². The molecule has 1 heterocycles. The van der Waals surface area contributed by atoms with Gasteiger partial charge in [-0.2, -0.15) is 5.01 Å². The van der Waals surface area contributed by atoms with E-state index in [4.69, 9.17) is 0 Å². The van der Waals surface area contributed by atoms with E-state index in [1.54, 1.807) is 30.3 Å². The van der Waals surface area contributed by atoms with Gasteiger partial charge < -0.3 is 0 Å². The number of hydrogen-bond acceptors (Lipinski definition) is 6. The minimum atomic E-state index is -0.765. The summed E-state index contributed by atoms with van der Waals surface area (Å²) in [7, 11) is 0. The summed E-state index contributed by atoms with van der Waals surface area (Å²) in [5.74, 6) is -3.42. The van der Waals surface area contributed by atoms with Crippen LogP contribution in [0.3, 0.4) is 0 Å². The number of carbonyl (C=O) groups is 4. The molecule has 2 aromatic carbocycles. The number of hydrazine groups is 1. The Morgan fingerprint density at radius 2 is 1.64 bits per heavy atom. The summed E-state index contributed by atoms with van der Waals surface area (Å²) in [6, 6.07) is 13.0. The fourth-order valence-corrected chi connectivity index (χ4v) is 4.22. The lowest BCUT2D eigenvalue weighted by molar-refractivity contribution is -0.384. The lowest BCUT2D eigenvalue weighted by Gasteiger charge is -2.30. The zero-order valence-electron chi connectivity index (χ0n) is 17.8. The molecule has 3 amide bonds. The highest BCUT2D eigenvalue weighted by Crippen LogP contribution is 2.38.